The van der Waals surface area contributed by atoms with E-state index in [2.05, 4.69) is 5.32 Å². The van der Waals surface area contributed by atoms with Gasteiger partial charge in [0, 0.05) is 12.6 Å². The molecule has 0 aromatic heterocycles. The third-order valence-electron chi connectivity index (χ3n) is 4.21. The summed E-state index contributed by atoms with van der Waals surface area (Å²) in [7, 11) is -5.68. The van der Waals surface area contributed by atoms with Crippen LogP contribution in [0.5, 0.6) is 5.75 Å². The zero-order valence-electron chi connectivity index (χ0n) is 15.1. The average molecular weight is 405 g/mol. The first-order valence-corrected chi connectivity index (χ1v) is 11.5. The zero-order valence-corrected chi connectivity index (χ0v) is 16.7. The van der Waals surface area contributed by atoms with Crippen molar-refractivity contribution < 1.29 is 26.4 Å². The summed E-state index contributed by atoms with van der Waals surface area (Å²) in [6.45, 7) is 3.11. The van der Waals surface area contributed by atoms with E-state index in [0.717, 1.165) is 9.87 Å². The van der Waals surface area contributed by atoms with E-state index in [4.69, 9.17) is 4.74 Å². The molecule has 1 aliphatic heterocycles. The number of hydrogen-bond donors (Lipinski definition) is 1. The number of carbonyl (C=O) groups is 1. The highest BCUT2D eigenvalue weighted by Crippen LogP contribution is 2.27. The third-order valence-corrected chi connectivity index (χ3v) is 7.92. The topological polar surface area (TPSA) is 110 Å². The van der Waals surface area contributed by atoms with Gasteiger partial charge < -0.3 is 10.1 Å². The minimum absolute atomic E-state index is 0.00176. The lowest BCUT2D eigenvalue weighted by atomic mass is 10.2. The molecule has 1 amide bonds. The maximum Gasteiger partial charge on any atom is 0.247 e. The van der Waals surface area contributed by atoms with Crippen LogP contribution in [-0.4, -0.2) is 64.8 Å². The summed E-state index contributed by atoms with van der Waals surface area (Å²) < 4.78 is 55.0. The molecule has 8 nitrogen and oxygen atoms in total. The number of aryl methyl sites for hydroxylation is 1. The van der Waals surface area contributed by atoms with Gasteiger partial charge in [-0.3, -0.25) is 4.79 Å². The molecule has 1 atom stereocenters. The molecule has 0 unspecified atom stereocenters. The predicted octanol–water partition coefficient (Wildman–Crippen LogP) is 0.318. The van der Waals surface area contributed by atoms with Crippen LogP contribution < -0.4 is 10.1 Å². The standard InChI is InChI=1S/C16H24N2O6S2/c1-4-18(10-16(19)17-13-7-8-25(20,21)11-13)26(22,23)15-9-12(2)5-6-14(15)24-3/h5-6,9,13H,4,7-8,10-11H2,1-3H3,(H,17,19)/t13-/m1/s1. The van der Waals surface area contributed by atoms with Gasteiger partial charge in [0.2, 0.25) is 15.9 Å². The van der Waals surface area contributed by atoms with Crippen molar-refractivity contribution in [2.45, 2.75) is 31.2 Å². The van der Waals surface area contributed by atoms with E-state index >= 15 is 0 Å². The van der Waals surface area contributed by atoms with Gasteiger partial charge in [0.05, 0.1) is 25.2 Å². The molecule has 1 aromatic rings. The van der Waals surface area contributed by atoms with E-state index < -0.39 is 31.8 Å². The van der Waals surface area contributed by atoms with Gasteiger partial charge in [-0.15, -0.1) is 0 Å². The summed E-state index contributed by atoms with van der Waals surface area (Å²) in [6.07, 6.45) is 0.346. The molecule has 0 bridgehead atoms. The molecule has 0 aliphatic carbocycles. The van der Waals surface area contributed by atoms with E-state index in [1.54, 1.807) is 26.0 Å². The molecular formula is C16H24N2O6S2. The Hall–Kier alpha value is -1.65. The summed E-state index contributed by atoms with van der Waals surface area (Å²) >= 11 is 0. The molecule has 1 fully saturated rings. The van der Waals surface area contributed by atoms with Crippen LogP contribution >= 0.6 is 0 Å². The van der Waals surface area contributed by atoms with Gasteiger partial charge >= 0.3 is 0 Å². The lowest BCUT2D eigenvalue weighted by Crippen LogP contribution is -2.44. The van der Waals surface area contributed by atoms with E-state index in [1.807, 2.05) is 0 Å². The van der Waals surface area contributed by atoms with Crippen molar-refractivity contribution in [2.24, 2.45) is 0 Å². The fraction of sp³-hybridized carbons (Fsp3) is 0.562. The monoisotopic (exact) mass is 404 g/mol. The number of hydrogen-bond acceptors (Lipinski definition) is 6. The molecule has 0 radical (unpaired) electrons. The smallest absolute Gasteiger partial charge is 0.247 e. The van der Waals surface area contributed by atoms with Gasteiger partial charge in [-0.25, -0.2) is 16.8 Å². The van der Waals surface area contributed by atoms with Crippen LogP contribution in [0, 0.1) is 6.92 Å². The highest BCUT2D eigenvalue weighted by atomic mass is 32.2. The molecule has 0 spiro atoms. The highest BCUT2D eigenvalue weighted by Gasteiger charge is 2.32. The van der Waals surface area contributed by atoms with Crippen molar-refractivity contribution in [1.29, 1.82) is 0 Å². The van der Waals surface area contributed by atoms with E-state index in [1.165, 1.54) is 13.2 Å². The second-order valence-corrected chi connectivity index (χ2v) is 10.4. The Labute approximate surface area is 154 Å². The maximum atomic E-state index is 12.9. The van der Waals surface area contributed by atoms with Crippen LogP contribution in [0.25, 0.3) is 0 Å². The lowest BCUT2D eigenvalue weighted by Gasteiger charge is -2.22. The second-order valence-electron chi connectivity index (χ2n) is 6.25. The Balaban J connectivity index is 2.17. The summed E-state index contributed by atoms with van der Waals surface area (Å²) in [4.78, 5) is 12.2. The Morgan fingerprint density at radius 1 is 1.38 bits per heavy atom. The normalized spacial score (nSPS) is 19.5. The van der Waals surface area contributed by atoms with Crippen molar-refractivity contribution in [1.82, 2.24) is 9.62 Å². The molecular weight excluding hydrogens is 380 g/mol. The fourth-order valence-electron chi connectivity index (χ4n) is 2.83. The van der Waals surface area contributed by atoms with Crippen molar-refractivity contribution in [3.8, 4) is 5.75 Å². The first kappa shape index (κ1) is 20.7. The number of benzene rings is 1. The third kappa shape index (κ3) is 4.74. The lowest BCUT2D eigenvalue weighted by molar-refractivity contribution is -0.121. The minimum atomic E-state index is -3.94. The second kappa shape index (κ2) is 7.93. The summed E-state index contributed by atoms with van der Waals surface area (Å²) in [5.41, 5.74) is 0.751. The highest BCUT2D eigenvalue weighted by molar-refractivity contribution is 7.91. The van der Waals surface area contributed by atoms with Crippen LogP contribution in [-0.2, 0) is 24.7 Å². The first-order valence-electron chi connectivity index (χ1n) is 8.23. The number of carbonyl (C=O) groups excluding carboxylic acids is 1. The van der Waals surface area contributed by atoms with Crippen molar-refractivity contribution in [2.75, 3.05) is 31.7 Å². The SMILES string of the molecule is CCN(CC(=O)N[C@@H]1CCS(=O)(=O)C1)S(=O)(=O)c1cc(C)ccc1OC. The number of sulfone groups is 1. The average Bonchev–Trinajstić information content (AvgIpc) is 2.90. The molecule has 1 heterocycles. The van der Waals surface area contributed by atoms with E-state index in [0.29, 0.717) is 6.42 Å². The molecule has 2 rings (SSSR count). The number of nitrogens with one attached hydrogen (secondary N) is 1. The first-order chi connectivity index (χ1) is 12.1. The van der Waals surface area contributed by atoms with Gasteiger partial charge in [-0.05, 0) is 31.0 Å². The van der Waals surface area contributed by atoms with Crippen LogP contribution in [0.3, 0.4) is 0 Å². The fourth-order valence-corrected chi connectivity index (χ4v) is 6.15. The molecule has 1 saturated heterocycles. The molecule has 26 heavy (non-hydrogen) atoms. The van der Waals surface area contributed by atoms with Gasteiger partial charge in [-0.2, -0.15) is 4.31 Å². The summed E-state index contributed by atoms with van der Waals surface area (Å²) in [5.74, 6) is -0.391. The minimum Gasteiger partial charge on any atom is -0.495 e. The van der Waals surface area contributed by atoms with Crippen LogP contribution in [0.4, 0.5) is 0 Å². The van der Waals surface area contributed by atoms with Gasteiger partial charge in [0.15, 0.2) is 9.84 Å². The number of ether oxygens (including phenoxy) is 1. The molecule has 10 heteroatoms. The molecule has 1 N–H and O–H groups in total. The number of likely N-dealkylation sites (N-methyl/N-ethyl adjacent to an activating group) is 1. The van der Waals surface area contributed by atoms with Crippen LogP contribution in [0.15, 0.2) is 23.1 Å². The number of rotatable bonds is 7. The Bertz CT molecular complexity index is 880. The Morgan fingerprint density at radius 3 is 2.62 bits per heavy atom. The van der Waals surface area contributed by atoms with Crippen LogP contribution in [0.1, 0.15) is 18.9 Å². The van der Waals surface area contributed by atoms with Gasteiger partial charge in [0.25, 0.3) is 0 Å². The molecule has 0 saturated carbocycles. The Morgan fingerprint density at radius 2 is 2.08 bits per heavy atom. The van der Waals surface area contributed by atoms with Gasteiger partial charge in [-0.1, -0.05) is 13.0 Å². The number of methoxy groups -OCH3 is 1. The summed E-state index contributed by atoms with van der Waals surface area (Å²) in [5, 5.41) is 2.61. The largest absolute Gasteiger partial charge is 0.495 e. The summed E-state index contributed by atoms with van der Waals surface area (Å²) in [6, 6.07) is 4.33. The molecule has 1 aromatic carbocycles. The zero-order chi connectivity index (χ0) is 19.5. The molecule has 146 valence electrons. The number of amides is 1. The van der Waals surface area contributed by atoms with E-state index in [-0.39, 0.29) is 35.2 Å². The van der Waals surface area contributed by atoms with Gasteiger partial charge in [0.1, 0.15) is 10.6 Å². The Kier molecular flexibility index (Phi) is 6.30. The van der Waals surface area contributed by atoms with Crippen LogP contribution in [0.2, 0.25) is 0 Å². The van der Waals surface area contributed by atoms with E-state index in [9.17, 15) is 21.6 Å². The predicted molar refractivity (Wildman–Crippen MR) is 97.4 cm³/mol. The quantitative estimate of drug-likeness (QED) is 0.701. The van der Waals surface area contributed by atoms with Crippen molar-refractivity contribution >= 4 is 25.8 Å². The number of nitrogens with zero attached hydrogens (tertiary/aromatic N) is 1. The number of sulfonamides is 1. The van der Waals surface area contributed by atoms with Crippen molar-refractivity contribution in [3.63, 3.8) is 0 Å². The molecule has 1 aliphatic rings. The van der Waals surface area contributed by atoms with Crippen molar-refractivity contribution in [3.05, 3.63) is 23.8 Å². The maximum absolute atomic E-state index is 12.9.